The highest BCUT2D eigenvalue weighted by atomic mass is 32.2. The molecule has 0 bridgehead atoms. The lowest BCUT2D eigenvalue weighted by atomic mass is 10.1. The Labute approximate surface area is 187 Å². The van der Waals surface area contributed by atoms with Crippen molar-refractivity contribution >= 4 is 33.2 Å². The summed E-state index contributed by atoms with van der Waals surface area (Å²) in [6.07, 6.45) is 0.517. The van der Waals surface area contributed by atoms with Crippen LogP contribution in [0.4, 0.5) is 11.4 Å². The molecule has 172 valence electrons. The van der Waals surface area contributed by atoms with E-state index >= 15 is 0 Å². The van der Waals surface area contributed by atoms with Gasteiger partial charge in [-0.2, -0.15) is 0 Å². The van der Waals surface area contributed by atoms with Gasteiger partial charge in [0, 0.05) is 37.7 Å². The van der Waals surface area contributed by atoms with Gasteiger partial charge in [0.1, 0.15) is 11.5 Å². The number of benzene rings is 2. The minimum absolute atomic E-state index is 0.0225. The minimum atomic E-state index is -3.81. The molecule has 1 aliphatic heterocycles. The lowest BCUT2D eigenvalue weighted by molar-refractivity contribution is -0.117. The molecule has 0 unspecified atom stereocenters. The Morgan fingerprint density at radius 2 is 1.88 bits per heavy atom. The number of amides is 2. The van der Waals surface area contributed by atoms with Gasteiger partial charge in [-0.25, -0.2) is 13.1 Å². The van der Waals surface area contributed by atoms with Gasteiger partial charge in [0.25, 0.3) is 0 Å². The average molecular weight is 462 g/mol. The zero-order valence-corrected chi connectivity index (χ0v) is 19.3. The molecule has 1 heterocycles. The Balaban J connectivity index is 1.62. The highest BCUT2D eigenvalue weighted by Gasteiger charge is 2.30. The molecule has 0 spiro atoms. The van der Waals surface area contributed by atoms with E-state index in [9.17, 15) is 18.0 Å². The second-order valence-corrected chi connectivity index (χ2v) is 9.26. The molecule has 32 heavy (non-hydrogen) atoms. The fraction of sp³-hybridized carbons (Fsp3) is 0.364. The quantitative estimate of drug-likeness (QED) is 0.624. The molecule has 3 rings (SSSR count). The van der Waals surface area contributed by atoms with Crippen molar-refractivity contribution in [1.82, 2.24) is 4.72 Å². The van der Waals surface area contributed by atoms with Crippen molar-refractivity contribution in [2.45, 2.75) is 37.6 Å². The number of hydrogen-bond acceptors (Lipinski definition) is 6. The van der Waals surface area contributed by atoms with E-state index in [2.05, 4.69) is 10.0 Å². The number of methoxy groups -OCH3 is 2. The number of rotatable bonds is 8. The van der Waals surface area contributed by atoms with Crippen LogP contribution in [-0.2, 0) is 26.0 Å². The Morgan fingerprint density at radius 3 is 2.53 bits per heavy atom. The van der Waals surface area contributed by atoms with Crippen molar-refractivity contribution in [2.24, 2.45) is 0 Å². The minimum Gasteiger partial charge on any atom is -0.497 e. The normalized spacial score (nSPS) is 15.2. The van der Waals surface area contributed by atoms with Gasteiger partial charge >= 0.3 is 0 Å². The summed E-state index contributed by atoms with van der Waals surface area (Å²) in [5, 5.41) is 2.70. The topological polar surface area (TPSA) is 114 Å². The first-order valence-corrected chi connectivity index (χ1v) is 11.6. The van der Waals surface area contributed by atoms with Crippen molar-refractivity contribution in [3.8, 4) is 11.5 Å². The molecule has 1 aliphatic rings. The first-order valence-electron chi connectivity index (χ1n) is 10.1. The molecule has 0 fully saturated rings. The summed E-state index contributed by atoms with van der Waals surface area (Å²) in [4.78, 5) is 25.9. The van der Waals surface area contributed by atoms with Crippen molar-refractivity contribution < 1.29 is 27.5 Å². The van der Waals surface area contributed by atoms with Crippen LogP contribution < -0.4 is 24.4 Å². The van der Waals surface area contributed by atoms with Gasteiger partial charge in [-0.05, 0) is 49.2 Å². The largest absolute Gasteiger partial charge is 0.497 e. The van der Waals surface area contributed by atoms with Gasteiger partial charge < -0.3 is 19.7 Å². The highest BCUT2D eigenvalue weighted by molar-refractivity contribution is 7.89. The number of carbonyl (C=O) groups is 2. The van der Waals surface area contributed by atoms with Gasteiger partial charge in [-0.15, -0.1) is 0 Å². The molecule has 2 aromatic carbocycles. The molecule has 0 aromatic heterocycles. The number of fused-ring (bicyclic) bond motifs is 1. The van der Waals surface area contributed by atoms with Crippen LogP contribution in [0.25, 0.3) is 0 Å². The number of hydrogen-bond donors (Lipinski definition) is 2. The van der Waals surface area contributed by atoms with Gasteiger partial charge in [0.2, 0.25) is 21.8 Å². The van der Waals surface area contributed by atoms with Gasteiger partial charge in [-0.3, -0.25) is 9.59 Å². The van der Waals surface area contributed by atoms with Crippen LogP contribution in [0, 0.1) is 0 Å². The van der Waals surface area contributed by atoms with E-state index in [1.165, 1.54) is 27.2 Å². The SMILES string of the molecule is COc1ccc(OC)c(NC(=O)CCNS(=O)(=O)c2ccc3c(c2)C[C@@H](C)N3C(C)=O)c1. The summed E-state index contributed by atoms with van der Waals surface area (Å²) in [5.41, 5.74) is 1.97. The maximum atomic E-state index is 12.7. The number of nitrogens with zero attached hydrogens (tertiary/aromatic N) is 1. The fourth-order valence-electron chi connectivity index (χ4n) is 3.76. The summed E-state index contributed by atoms with van der Waals surface area (Å²) in [6, 6.07) is 9.67. The summed E-state index contributed by atoms with van der Waals surface area (Å²) in [7, 11) is -0.809. The van der Waals surface area contributed by atoms with E-state index in [4.69, 9.17) is 9.47 Å². The van der Waals surface area contributed by atoms with E-state index in [0.29, 0.717) is 23.6 Å². The number of nitrogens with one attached hydrogen (secondary N) is 2. The van der Waals surface area contributed by atoms with Crippen LogP contribution in [0.5, 0.6) is 11.5 Å². The van der Waals surface area contributed by atoms with Gasteiger partial charge in [0.05, 0.1) is 24.8 Å². The number of anilines is 2. The van der Waals surface area contributed by atoms with E-state index in [1.54, 1.807) is 35.2 Å². The second kappa shape index (κ2) is 9.58. The molecule has 2 amide bonds. The number of sulfonamides is 1. The molecular formula is C22H27N3O6S. The standard InChI is InChI=1S/C22H27N3O6S/c1-14-11-16-12-18(6-7-20(16)25(14)15(2)26)32(28,29)23-10-9-22(27)24-19-13-17(30-3)5-8-21(19)31-4/h5-8,12-14,23H,9-11H2,1-4H3,(H,24,27)/t14-/m1/s1. The van der Waals surface area contributed by atoms with Crippen molar-refractivity contribution in [1.29, 1.82) is 0 Å². The summed E-state index contributed by atoms with van der Waals surface area (Å²) in [5.74, 6) is 0.561. The number of carbonyl (C=O) groups excluding carboxylic acids is 2. The molecule has 9 nitrogen and oxygen atoms in total. The first-order chi connectivity index (χ1) is 15.2. The zero-order valence-electron chi connectivity index (χ0n) is 18.5. The predicted octanol–water partition coefficient (Wildman–Crippen LogP) is 2.31. The molecule has 10 heteroatoms. The maximum Gasteiger partial charge on any atom is 0.240 e. The second-order valence-electron chi connectivity index (χ2n) is 7.49. The summed E-state index contributed by atoms with van der Waals surface area (Å²) in [6.45, 7) is 3.33. The Hall–Kier alpha value is -3.11. The van der Waals surface area contributed by atoms with Crippen LogP contribution in [0.1, 0.15) is 25.8 Å². The Morgan fingerprint density at radius 1 is 1.12 bits per heavy atom. The lowest BCUT2D eigenvalue weighted by Gasteiger charge is -2.20. The molecule has 1 atom stereocenters. The van der Waals surface area contributed by atoms with E-state index < -0.39 is 10.0 Å². The Kier molecular flexibility index (Phi) is 7.05. The molecular weight excluding hydrogens is 434 g/mol. The number of ether oxygens (including phenoxy) is 2. The molecule has 0 saturated carbocycles. The zero-order chi connectivity index (χ0) is 23.5. The molecule has 2 aromatic rings. The maximum absolute atomic E-state index is 12.7. The summed E-state index contributed by atoms with van der Waals surface area (Å²) < 4.78 is 38.2. The smallest absolute Gasteiger partial charge is 0.240 e. The third-order valence-electron chi connectivity index (χ3n) is 5.24. The van der Waals surface area contributed by atoms with Crippen LogP contribution >= 0.6 is 0 Å². The molecule has 0 radical (unpaired) electrons. The lowest BCUT2D eigenvalue weighted by Crippen LogP contribution is -2.33. The molecule has 0 saturated heterocycles. The first kappa shape index (κ1) is 23.6. The average Bonchev–Trinajstić information content (AvgIpc) is 3.08. The molecule has 2 N–H and O–H groups in total. The van der Waals surface area contributed by atoms with Crippen LogP contribution in [-0.4, -0.2) is 47.0 Å². The monoisotopic (exact) mass is 461 g/mol. The van der Waals surface area contributed by atoms with Crippen molar-refractivity contribution in [2.75, 3.05) is 31.0 Å². The van der Waals surface area contributed by atoms with E-state index in [0.717, 1.165) is 11.3 Å². The van der Waals surface area contributed by atoms with Crippen molar-refractivity contribution in [3.63, 3.8) is 0 Å². The van der Waals surface area contributed by atoms with Crippen LogP contribution in [0.2, 0.25) is 0 Å². The van der Waals surface area contributed by atoms with Gasteiger partial charge in [-0.1, -0.05) is 0 Å². The van der Waals surface area contributed by atoms with E-state index in [1.807, 2.05) is 6.92 Å². The van der Waals surface area contributed by atoms with E-state index in [-0.39, 0.29) is 35.7 Å². The third kappa shape index (κ3) is 5.03. The predicted molar refractivity (Wildman–Crippen MR) is 121 cm³/mol. The van der Waals surface area contributed by atoms with Gasteiger partial charge in [0.15, 0.2) is 0 Å². The fourth-order valence-corrected chi connectivity index (χ4v) is 4.84. The van der Waals surface area contributed by atoms with Crippen molar-refractivity contribution in [3.05, 3.63) is 42.0 Å². The molecule has 0 aliphatic carbocycles. The third-order valence-corrected chi connectivity index (χ3v) is 6.70. The van der Waals surface area contributed by atoms with Crippen LogP contribution in [0.3, 0.4) is 0 Å². The van der Waals surface area contributed by atoms with Crippen LogP contribution in [0.15, 0.2) is 41.3 Å². The highest BCUT2D eigenvalue weighted by Crippen LogP contribution is 2.34. The Bertz CT molecular complexity index is 1130. The summed E-state index contributed by atoms with van der Waals surface area (Å²) >= 11 is 0.